The molecule has 1 aliphatic heterocycles. The molecule has 24 heavy (non-hydrogen) atoms. The molecule has 1 fully saturated rings. The molecule has 1 aliphatic rings. The second-order valence-corrected chi connectivity index (χ2v) is 5.91. The highest BCUT2D eigenvalue weighted by molar-refractivity contribution is 5.74. The standard InChI is InChI=1S/C15H23F3N4O2/c1-3-11(10-24-2)19-14(23)21-7-4-12(5-8-21)22-9-6-13(20-22)15(16,17)18/h6,9,11-12H,3-5,7-8,10H2,1-2H3,(H,19,23)/t11-/m0/s1. The van der Waals surface area contributed by atoms with E-state index in [0.29, 0.717) is 32.5 Å². The zero-order valence-corrected chi connectivity index (χ0v) is 13.8. The van der Waals surface area contributed by atoms with Gasteiger partial charge in [0, 0.05) is 26.4 Å². The molecule has 1 aromatic heterocycles. The minimum atomic E-state index is -4.43. The normalized spacial score (nSPS) is 17.8. The molecule has 2 amide bonds. The number of hydrogen-bond acceptors (Lipinski definition) is 3. The average Bonchev–Trinajstić information content (AvgIpc) is 3.04. The predicted molar refractivity (Wildman–Crippen MR) is 81.6 cm³/mol. The van der Waals surface area contributed by atoms with Gasteiger partial charge in [-0.05, 0) is 25.3 Å². The number of alkyl halides is 3. The van der Waals surface area contributed by atoms with E-state index in [1.54, 1.807) is 12.0 Å². The van der Waals surface area contributed by atoms with Crippen LogP contribution in [0.2, 0.25) is 0 Å². The zero-order valence-electron chi connectivity index (χ0n) is 13.8. The number of urea groups is 1. The SMILES string of the molecule is CC[C@@H](COC)NC(=O)N1CCC(n2ccc(C(F)(F)F)n2)CC1. The van der Waals surface area contributed by atoms with Crippen molar-refractivity contribution in [2.45, 2.75) is 44.4 Å². The Labute approximate surface area is 138 Å². The molecule has 0 aliphatic carbocycles. The van der Waals surface area contributed by atoms with E-state index in [-0.39, 0.29) is 18.1 Å². The number of carbonyl (C=O) groups excluding carboxylic acids is 1. The lowest BCUT2D eigenvalue weighted by molar-refractivity contribution is -0.141. The van der Waals surface area contributed by atoms with Crippen LogP contribution >= 0.6 is 0 Å². The van der Waals surface area contributed by atoms with Gasteiger partial charge in [-0.2, -0.15) is 18.3 Å². The van der Waals surface area contributed by atoms with Crippen LogP contribution in [0.5, 0.6) is 0 Å². The van der Waals surface area contributed by atoms with Crippen molar-refractivity contribution >= 4 is 6.03 Å². The summed E-state index contributed by atoms with van der Waals surface area (Å²) in [6.45, 7) is 3.39. The summed E-state index contributed by atoms with van der Waals surface area (Å²) in [6, 6.07) is 0.663. The minimum absolute atomic E-state index is 0.0410. The first kappa shape index (κ1) is 18.6. The van der Waals surface area contributed by atoms with Crippen molar-refractivity contribution in [3.63, 3.8) is 0 Å². The topological polar surface area (TPSA) is 59.4 Å². The highest BCUT2D eigenvalue weighted by Crippen LogP contribution is 2.29. The Morgan fingerprint density at radius 3 is 2.62 bits per heavy atom. The number of hydrogen-bond donors (Lipinski definition) is 1. The van der Waals surface area contributed by atoms with Gasteiger partial charge < -0.3 is 15.0 Å². The van der Waals surface area contributed by atoms with Crippen molar-refractivity contribution in [3.8, 4) is 0 Å². The molecular formula is C15H23F3N4O2. The van der Waals surface area contributed by atoms with Gasteiger partial charge in [-0.3, -0.25) is 4.68 Å². The van der Waals surface area contributed by atoms with Crippen molar-refractivity contribution < 1.29 is 22.7 Å². The molecule has 2 heterocycles. The predicted octanol–water partition coefficient (Wildman–Crippen LogP) is 2.67. The largest absolute Gasteiger partial charge is 0.435 e. The van der Waals surface area contributed by atoms with Crippen LogP contribution in [0.1, 0.15) is 37.9 Å². The van der Waals surface area contributed by atoms with Gasteiger partial charge in [0.1, 0.15) is 0 Å². The van der Waals surface area contributed by atoms with Crippen LogP contribution in [0.15, 0.2) is 12.3 Å². The van der Waals surface area contributed by atoms with Crippen LogP contribution in [0.3, 0.4) is 0 Å². The molecule has 0 spiro atoms. The Kier molecular flexibility index (Phi) is 6.09. The Morgan fingerprint density at radius 1 is 1.46 bits per heavy atom. The quantitative estimate of drug-likeness (QED) is 0.890. The fraction of sp³-hybridized carbons (Fsp3) is 0.733. The van der Waals surface area contributed by atoms with E-state index in [1.165, 1.54) is 10.9 Å². The fourth-order valence-electron chi connectivity index (χ4n) is 2.75. The number of nitrogens with zero attached hydrogens (tertiary/aromatic N) is 3. The first-order chi connectivity index (χ1) is 11.3. The lowest BCUT2D eigenvalue weighted by Crippen LogP contribution is -2.49. The first-order valence-electron chi connectivity index (χ1n) is 8.01. The third-order valence-corrected chi connectivity index (χ3v) is 4.21. The first-order valence-corrected chi connectivity index (χ1v) is 8.01. The monoisotopic (exact) mass is 348 g/mol. The van der Waals surface area contributed by atoms with Crippen LogP contribution in [0.25, 0.3) is 0 Å². The summed E-state index contributed by atoms with van der Waals surface area (Å²) >= 11 is 0. The van der Waals surface area contributed by atoms with Crippen molar-refractivity contribution in [2.75, 3.05) is 26.8 Å². The van der Waals surface area contributed by atoms with Crippen molar-refractivity contribution in [1.82, 2.24) is 20.0 Å². The Bertz CT molecular complexity index is 539. The lowest BCUT2D eigenvalue weighted by atomic mass is 10.1. The van der Waals surface area contributed by atoms with Crippen LogP contribution in [-0.2, 0) is 10.9 Å². The molecule has 9 heteroatoms. The van der Waals surface area contributed by atoms with Gasteiger partial charge in [-0.15, -0.1) is 0 Å². The number of rotatable bonds is 5. The zero-order chi connectivity index (χ0) is 17.7. The third kappa shape index (κ3) is 4.62. The summed E-state index contributed by atoms with van der Waals surface area (Å²) < 4.78 is 44.2. The molecule has 0 unspecified atom stereocenters. The smallest absolute Gasteiger partial charge is 0.383 e. The van der Waals surface area contributed by atoms with Crippen LogP contribution in [0, 0.1) is 0 Å². The minimum Gasteiger partial charge on any atom is -0.383 e. The van der Waals surface area contributed by atoms with Crippen molar-refractivity contribution in [3.05, 3.63) is 18.0 Å². The molecule has 0 saturated carbocycles. The Balaban J connectivity index is 1.87. The molecule has 1 N–H and O–H groups in total. The van der Waals surface area contributed by atoms with Gasteiger partial charge in [-0.25, -0.2) is 4.79 Å². The molecule has 1 saturated heterocycles. The number of halogens is 3. The number of ether oxygens (including phenoxy) is 1. The van der Waals surface area contributed by atoms with Crippen molar-refractivity contribution in [1.29, 1.82) is 0 Å². The van der Waals surface area contributed by atoms with Gasteiger partial charge >= 0.3 is 12.2 Å². The molecule has 136 valence electrons. The Hall–Kier alpha value is -1.77. The van der Waals surface area contributed by atoms with Gasteiger partial charge in [0.2, 0.25) is 0 Å². The summed E-state index contributed by atoms with van der Waals surface area (Å²) in [5.41, 5.74) is -0.881. The van der Waals surface area contributed by atoms with E-state index >= 15 is 0 Å². The number of methoxy groups -OCH3 is 1. The maximum absolute atomic E-state index is 12.6. The van der Waals surface area contributed by atoms with Gasteiger partial charge in [0.05, 0.1) is 18.7 Å². The number of aromatic nitrogens is 2. The van der Waals surface area contributed by atoms with E-state index in [2.05, 4.69) is 10.4 Å². The number of nitrogens with one attached hydrogen (secondary N) is 1. The molecule has 0 bridgehead atoms. The van der Waals surface area contributed by atoms with E-state index < -0.39 is 11.9 Å². The summed E-state index contributed by atoms with van der Waals surface area (Å²) in [5.74, 6) is 0. The van der Waals surface area contributed by atoms with Gasteiger partial charge in [0.25, 0.3) is 0 Å². The van der Waals surface area contributed by atoms with E-state index in [9.17, 15) is 18.0 Å². The number of piperidine rings is 1. The Morgan fingerprint density at radius 2 is 2.12 bits per heavy atom. The highest BCUT2D eigenvalue weighted by Gasteiger charge is 2.34. The van der Waals surface area contributed by atoms with E-state index in [4.69, 9.17) is 4.74 Å². The lowest BCUT2D eigenvalue weighted by Gasteiger charge is -2.33. The van der Waals surface area contributed by atoms with E-state index in [1.807, 2.05) is 6.92 Å². The molecule has 2 rings (SSSR count). The summed E-state index contributed by atoms with van der Waals surface area (Å²) in [6.07, 6.45) is -1.15. The molecule has 6 nitrogen and oxygen atoms in total. The molecule has 0 radical (unpaired) electrons. The highest BCUT2D eigenvalue weighted by atomic mass is 19.4. The molecule has 1 aromatic rings. The molecular weight excluding hydrogens is 325 g/mol. The van der Waals surface area contributed by atoms with Gasteiger partial charge in [0.15, 0.2) is 5.69 Å². The second kappa shape index (κ2) is 7.87. The fourth-order valence-corrected chi connectivity index (χ4v) is 2.75. The summed E-state index contributed by atoms with van der Waals surface area (Å²) in [5, 5.41) is 6.52. The number of carbonyl (C=O) groups is 1. The molecule has 1 atom stereocenters. The van der Waals surface area contributed by atoms with E-state index in [0.717, 1.165) is 12.5 Å². The summed E-state index contributed by atoms with van der Waals surface area (Å²) in [7, 11) is 1.58. The van der Waals surface area contributed by atoms with Gasteiger partial charge in [-0.1, -0.05) is 6.92 Å². The second-order valence-electron chi connectivity index (χ2n) is 5.91. The number of likely N-dealkylation sites (tertiary alicyclic amines) is 1. The van der Waals surface area contributed by atoms with Crippen LogP contribution < -0.4 is 5.32 Å². The van der Waals surface area contributed by atoms with Crippen molar-refractivity contribution in [2.24, 2.45) is 0 Å². The summed E-state index contributed by atoms with van der Waals surface area (Å²) in [4.78, 5) is 13.9. The number of amides is 2. The van der Waals surface area contributed by atoms with Crippen LogP contribution in [-0.4, -0.2) is 53.6 Å². The maximum atomic E-state index is 12.6. The van der Waals surface area contributed by atoms with Crippen LogP contribution in [0.4, 0.5) is 18.0 Å². The third-order valence-electron chi connectivity index (χ3n) is 4.21. The molecule has 0 aromatic carbocycles. The average molecular weight is 348 g/mol. The maximum Gasteiger partial charge on any atom is 0.435 e.